The van der Waals surface area contributed by atoms with Gasteiger partial charge in [-0.3, -0.25) is 9.79 Å². The average Bonchev–Trinajstić information content (AvgIpc) is 3.08. The zero-order valence-corrected chi connectivity index (χ0v) is 18.2. The molecule has 3 N–H and O–H groups in total. The van der Waals surface area contributed by atoms with Crippen LogP contribution in [0.5, 0.6) is 0 Å². The van der Waals surface area contributed by atoms with E-state index in [4.69, 9.17) is 4.52 Å². The average molecular weight is 486 g/mol. The van der Waals surface area contributed by atoms with Crippen molar-refractivity contribution in [1.82, 2.24) is 26.1 Å². The summed E-state index contributed by atoms with van der Waals surface area (Å²) in [4.78, 5) is 20.1. The van der Waals surface area contributed by atoms with Crippen LogP contribution >= 0.6 is 24.0 Å². The third-order valence-electron chi connectivity index (χ3n) is 3.78. The highest BCUT2D eigenvalue weighted by molar-refractivity contribution is 14.0. The first-order valence-electron chi connectivity index (χ1n) is 8.67. The molecule has 9 heteroatoms. The number of nitrogens with zero attached hydrogens (tertiary/aromatic N) is 3. The van der Waals surface area contributed by atoms with Crippen LogP contribution in [0.4, 0.5) is 0 Å². The van der Waals surface area contributed by atoms with Gasteiger partial charge < -0.3 is 20.5 Å². The molecule has 1 amide bonds. The Morgan fingerprint density at radius 2 is 2.00 bits per heavy atom. The molecule has 0 saturated heterocycles. The SMILES string of the molecule is CN=C(NCCCc1nc(C)no1)NCCc1cccc(C(=O)NC)c1.I. The number of aryl methyl sites for hydroxylation is 2. The van der Waals surface area contributed by atoms with E-state index in [0.29, 0.717) is 17.3 Å². The summed E-state index contributed by atoms with van der Waals surface area (Å²) in [5, 5.41) is 12.9. The molecule has 0 aliphatic carbocycles. The fourth-order valence-electron chi connectivity index (χ4n) is 2.45. The Morgan fingerprint density at radius 1 is 1.22 bits per heavy atom. The summed E-state index contributed by atoms with van der Waals surface area (Å²) in [5.41, 5.74) is 1.77. The van der Waals surface area contributed by atoms with Gasteiger partial charge in [0.05, 0.1) is 0 Å². The largest absolute Gasteiger partial charge is 0.356 e. The summed E-state index contributed by atoms with van der Waals surface area (Å²) >= 11 is 0. The van der Waals surface area contributed by atoms with Crippen molar-refractivity contribution in [3.8, 4) is 0 Å². The first kappa shape index (κ1) is 22.9. The van der Waals surface area contributed by atoms with Crippen LogP contribution < -0.4 is 16.0 Å². The maximum atomic E-state index is 11.7. The van der Waals surface area contributed by atoms with Gasteiger partial charge in [-0.1, -0.05) is 17.3 Å². The number of halogens is 1. The van der Waals surface area contributed by atoms with Gasteiger partial charge in [0.1, 0.15) is 0 Å². The zero-order valence-electron chi connectivity index (χ0n) is 15.9. The van der Waals surface area contributed by atoms with Crippen LogP contribution in [0.1, 0.15) is 34.1 Å². The molecule has 0 unspecified atom stereocenters. The van der Waals surface area contributed by atoms with Gasteiger partial charge in [0.15, 0.2) is 11.8 Å². The normalized spacial score (nSPS) is 10.9. The van der Waals surface area contributed by atoms with Crippen molar-refractivity contribution in [1.29, 1.82) is 0 Å². The molecular weight excluding hydrogens is 459 g/mol. The van der Waals surface area contributed by atoms with Crippen LogP contribution in [0.25, 0.3) is 0 Å². The van der Waals surface area contributed by atoms with Crippen LogP contribution in [0.2, 0.25) is 0 Å². The highest BCUT2D eigenvalue weighted by Gasteiger charge is 2.05. The van der Waals surface area contributed by atoms with E-state index in [2.05, 4.69) is 31.1 Å². The Labute approximate surface area is 176 Å². The van der Waals surface area contributed by atoms with Gasteiger partial charge in [0.25, 0.3) is 5.91 Å². The van der Waals surface area contributed by atoms with E-state index in [0.717, 1.165) is 43.9 Å². The Bertz CT molecular complexity index is 747. The van der Waals surface area contributed by atoms with Crippen LogP contribution in [-0.4, -0.2) is 49.2 Å². The van der Waals surface area contributed by atoms with Gasteiger partial charge in [-0.25, -0.2) is 0 Å². The Kier molecular flexibility index (Phi) is 10.4. The van der Waals surface area contributed by atoms with Crippen molar-refractivity contribution >= 4 is 35.8 Å². The van der Waals surface area contributed by atoms with E-state index < -0.39 is 0 Å². The summed E-state index contributed by atoms with van der Waals surface area (Å²) in [7, 11) is 3.37. The van der Waals surface area contributed by atoms with Crippen molar-refractivity contribution in [3.05, 3.63) is 47.1 Å². The van der Waals surface area contributed by atoms with Gasteiger partial charge in [-0.15, -0.1) is 24.0 Å². The number of carbonyl (C=O) groups excluding carboxylic acids is 1. The molecule has 0 bridgehead atoms. The molecular formula is C18H27IN6O2. The van der Waals surface area contributed by atoms with Gasteiger partial charge in [-0.2, -0.15) is 4.98 Å². The quantitative estimate of drug-likeness (QED) is 0.227. The molecule has 1 heterocycles. The van der Waals surface area contributed by atoms with E-state index in [9.17, 15) is 4.79 Å². The summed E-state index contributed by atoms with van der Waals surface area (Å²) in [6, 6.07) is 7.62. The molecule has 27 heavy (non-hydrogen) atoms. The first-order valence-corrected chi connectivity index (χ1v) is 8.67. The molecule has 2 rings (SSSR count). The topological polar surface area (TPSA) is 104 Å². The second kappa shape index (κ2) is 12.3. The Morgan fingerprint density at radius 3 is 2.67 bits per heavy atom. The van der Waals surface area contributed by atoms with Crippen LogP contribution in [-0.2, 0) is 12.8 Å². The lowest BCUT2D eigenvalue weighted by atomic mass is 10.1. The number of carbonyl (C=O) groups is 1. The zero-order chi connectivity index (χ0) is 18.8. The highest BCUT2D eigenvalue weighted by atomic mass is 127. The molecule has 0 radical (unpaired) electrons. The molecule has 0 aliphatic heterocycles. The maximum absolute atomic E-state index is 11.7. The van der Waals surface area contributed by atoms with Crippen molar-refractivity contribution in [2.24, 2.45) is 4.99 Å². The lowest BCUT2D eigenvalue weighted by molar-refractivity contribution is 0.0963. The predicted molar refractivity (Wildman–Crippen MR) is 116 cm³/mol. The Hall–Kier alpha value is -2.17. The second-order valence-corrected chi connectivity index (χ2v) is 5.79. The number of aliphatic imine (C=N–C) groups is 1. The van der Waals surface area contributed by atoms with Gasteiger partial charge in [0.2, 0.25) is 5.89 Å². The molecule has 1 aromatic carbocycles. The van der Waals surface area contributed by atoms with E-state index in [1.54, 1.807) is 27.1 Å². The number of guanidine groups is 1. The highest BCUT2D eigenvalue weighted by Crippen LogP contribution is 2.05. The third-order valence-corrected chi connectivity index (χ3v) is 3.78. The third kappa shape index (κ3) is 7.94. The fourth-order valence-corrected chi connectivity index (χ4v) is 2.45. The Balaban J connectivity index is 0.00000364. The number of hydrogen-bond acceptors (Lipinski definition) is 5. The number of hydrogen-bond donors (Lipinski definition) is 3. The van der Waals surface area contributed by atoms with Crippen LogP contribution in [0.15, 0.2) is 33.8 Å². The summed E-state index contributed by atoms with van der Waals surface area (Å²) in [6.45, 7) is 3.29. The van der Waals surface area contributed by atoms with E-state index in [-0.39, 0.29) is 29.9 Å². The summed E-state index contributed by atoms with van der Waals surface area (Å²) in [6.07, 6.45) is 2.40. The fraction of sp³-hybridized carbons (Fsp3) is 0.444. The van der Waals surface area contributed by atoms with E-state index in [1.165, 1.54) is 0 Å². The molecule has 0 fully saturated rings. The molecule has 0 aliphatic rings. The second-order valence-electron chi connectivity index (χ2n) is 5.79. The summed E-state index contributed by atoms with van der Waals surface area (Å²) < 4.78 is 5.08. The molecule has 148 valence electrons. The summed E-state index contributed by atoms with van der Waals surface area (Å²) in [5.74, 6) is 1.98. The number of benzene rings is 1. The lowest BCUT2D eigenvalue weighted by Gasteiger charge is -2.11. The molecule has 0 atom stereocenters. The van der Waals surface area contributed by atoms with Gasteiger partial charge in [-0.05, 0) is 37.5 Å². The standard InChI is InChI=1S/C18H26N6O2.HI/c1-13-23-16(26-24-13)8-5-10-21-18(20-3)22-11-9-14-6-4-7-15(12-14)17(25)19-2;/h4,6-7,12H,5,8-11H2,1-3H3,(H,19,25)(H2,20,21,22);1H. The minimum Gasteiger partial charge on any atom is -0.356 e. The van der Waals surface area contributed by atoms with Crippen LogP contribution in [0.3, 0.4) is 0 Å². The number of amides is 1. The minimum atomic E-state index is -0.0753. The van der Waals surface area contributed by atoms with Gasteiger partial charge in [0, 0.05) is 39.2 Å². The van der Waals surface area contributed by atoms with Crippen LogP contribution in [0, 0.1) is 6.92 Å². The minimum absolute atomic E-state index is 0. The van der Waals surface area contributed by atoms with Gasteiger partial charge >= 0.3 is 0 Å². The number of rotatable bonds is 8. The van der Waals surface area contributed by atoms with E-state index >= 15 is 0 Å². The van der Waals surface area contributed by atoms with Crippen molar-refractivity contribution in [2.75, 3.05) is 27.2 Å². The van der Waals surface area contributed by atoms with Crippen molar-refractivity contribution < 1.29 is 9.32 Å². The maximum Gasteiger partial charge on any atom is 0.251 e. The van der Waals surface area contributed by atoms with Crippen molar-refractivity contribution in [2.45, 2.75) is 26.2 Å². The first-order chi connectivity index (χ1) is 12.6. The van der Waals surface area contributed by atoms with E-state index in [1.807, 2.05) is 18.2 Å². The lowest BCUT2D eigenvalue weighted by Crippen LogP contribution is -2.38. The predicted octanol–water partition coefficient (Wildman–Crippen LogP) is 1.70. The molecule has 1 aromatic heterocycles. The molecule has 2 aromatic rings. The molecule has 0 spiro atoms. The monoisotopic (exact) mass is 486 g/mol. The number of nitrogens with one attached hydrogen (secondary N) is 3. The molecule has 8 nitrogen and oxygen atoms in total. The smallest absolute Gasteiger partial charge is 0.251 e. The molecule has 0 saturated carbocycles. The number of aromatic nitrogens is 2. The van der Waals surface area contributed by atoms with Crippen molar-refractivity contribution in [3.63, 3.8) is 0 Å².